The minimum Gasteiger partial charge on any atom is -0.322 e. The number of carbonyl (C=O) groups excluding carboxylic acids is 1. The van der Waals surface area contributed by atoms with Gasteiger partial charge in [0.15, 0.2) is 0 Å². The maximum absolute atomic E-state index is 12.5. The number of thiazole rings is 1. The molecule has 1 amide bonds. The average Bonchev–Trinajstić information content (AvgIpc) is 3.01. The molecule has 3 rings (SSSR count). The zero-order valence-electron chi connectivity index (χ0n) is 15.0. The molecule has 0 aliphatic heterocycles. The van der Waals surface area contributed by atoms with E-state index < -0.39 is 0 Å². The molecule has 0 radical (unpaired) electrons. The van der Waals surface area contributed by atoms with Crippen LogP contribution in [0.4, 0.5) is 5.69 Å². The van der Waals surface area contributed by atoms with Crippen molar-refractivity contribution in [2.24, 2.45) is 0 Å². The van der Waals surface area contributed by atoms with Gasteiger partial charge in [-0.2, -0.15) is 0 Å². The van der Waals surface area contributed by atoms with Crippen LogP contribution in [0.15, 0.2) is 53.9 Å². The number of hydrogen-bond acceptors (Lipinski definition) is 3. The molecule has 0 aliphatic rings. The van der Waals surface area contributed by atoms with Crippen molar-refractivity contribution in [3.63, 3.8) is 0 Å². The molecule has 3 aromatic rings. The monoisotopic (exact) mass is 350 g/mol. The molecule has 128 valence electrons. The molecule has 1 aromatic heterocycles. The number of aryl methyl sites for hydroxylation is 1. The van der Waals surface area contributed by atoms with Gasteiger partial charge in [-0.25, -0.2) is 4.98 Å². The number of nitrogens with one attached hydrogen (secondary N) is 1. The van der Waals surface area contributed by atoms with Crippen molar-refractivity contribution in [2.45, 2.75) is 33.1 Å². The Balaban J connectivity index is 1.77. The molecule has 0 aliphatic carbocycles. The number of amides is 1. The van der Waals surface area contributed by atoms with Gasteiger partial charge in [0.05, 0.1) is 10.7 Å². The zero-order valence-corrected chi connectivity index (χ0v) is 15.8. The van der Waals surface area contributed by atoms with Crippen molar-refractivity contribution in [2.75, 3.05) is 5.32 Å². The van der Waals surface area contributed by atoms with Gasteiger partial charge in [-0.15, -0.1) is 11.3 Å². The molecule has 0 unspecified atom stereocenters. The maximum Gasteiger partial charge on any atom is 0.255 e. The summed E-state index contributed by atoms with van der Waals surface area (Å²) in [6.45, 7) is 8.47. The second-order valence-electron chi connectivity index (χ2n) is 7.11. The Hall–Kier alpha value is -2.46. The standard InChI is InChI=1S/C21H22N2OS/c1-14-22-19(13-25-14)16-6-5-7-18(12-16)23-20(24)15-8-10-17(11-9-15)21(2,3)4/h5-13H,1-4H3,(H,23,24). The van der Waals surface area contributed by atoms with E-state index in [0.717, 1.165) is 22.0 Å². The van der Waals surface area contributed by atoms with Crippen molar-refractivity contribution in [3.8, 4) is 11.3 Å². The van der Waals surface area contributed by atoms with Gasteiger partial charge in [0, 0.05) is 22.2 Å². The number of hydrogen-bond donors (Lipinski definition) is 1. The fourth-order valence-electron chi connectivity index (χ4n) is 2.58. The number of nitrogens with zero attached hydrogens (tertiary/aromatic N) is 1. The molecule has 25 heavy (non-hydrogen) atoms. The third kappa shape index (κ3) is 4.15. The quantitative estimate of drug-likeness (QED) is 0.661. The third-order valence-electron chi connectivity index (χ3n) is 4.05. The second-order valence-corrected chi connectivity index (χ2v) is 8.18. The highest BCUT2D eigenvalue weighted by atomic mass is 32.1. The van der Waals surface area contributed by atoms with E-state index in [9.17, 15) is 4.79 Å². The van der Waals surface area contributed by atoms with Crippen LogP contribution in [0.2, 0.25) is 0 Å². The predicted molar refractivity (Wildman–Crippen MR) is 105 cm³/mol. The largest absolute Gasteiger partial charge is 0.322 e. The fraction of sp³-hybridized carbons (Fsp3) is 0.238. The SMILES string of the molecule is Cc1nc(-c2cccc(NC(=O)c3ccc(C(C)(C)C)cc3)c2)cs1. The summed E-state index contributed by atoms with van der Waals surface area (Å²) in [7, 11) is 0. The number of benzene rings is 2. The Morgan fingerprint density at radius 2 is 1.80 bits per heavy atom. The first-order valence-electron chi connectivity index (χ1n) is 8.27. The lowest BCUT2D eigenvalue weighted by Crippen LogP contribution is -2.14. The molecule has 3 nitrogen and oxygen atoms in total. The molecule has 0 fully saturated rings. The van der Waals surface area contributed by atoms with Gasteiger partial charge < -0.3 is 5.32 Å². The van der Waals surface area contributed by atoms with E-state index in [1.807, 2.05) is 60.8 Å². The molecule has 0 bridgehead atoms. The van der Waals surface area contributed by atoms with Crippen LogP contribution in [0.3, 0.4) is 0 Å². The topological polar surface area (TPSA) is 42.0 Å². The summed E-state index contributed by atoms with van der Waals surface area (Å²) in [5.41, 5.74) is 4.66. The lowest BCUT2D eigenvalue weighted by Gasteiger charge is -2.19. The van der Waals surface area contributed by atoms with Crippen LogP contribution >= 0.6 is 11.3 Å². The van der Waals surface area contributed by atoms with Gasteiger partial charge in [-0.3, -0.25) is 4.79 Å². The minimum absolute atomic E-state index is 0.0784. The third-order valence-corrected chi connectivity index (χ3v) is 4.82. The van der Waals surface area contributed by atoms with Crippen LogP contribution in [0.1, 0.15) is 41.7 Å². The van der Waals surface area contributed by atoms with E-state index in [0.29, 0.717) is 5.56 Å². The molecule has 1 heterocycles. The first-order chi connectivity index (χ1) is 11.8. The Morgan fingerprint density at radius 1 is 1.08 bits per heavy atom. The molecular weight excluding hydrogens is 328 g/mol. The van der Waals surface area contributed by atoms with Gasteiger partial charge in [0.1, 0.15) is 0 Å². The molecule has 1 N–H and O–H groups in total. The van der Waals surface area contributed by atoms with E-state index >= 15 is 0 Å². The van der Waals surface area contributed by atoms with Crippen LogP contribution in [0.25, 0.3) is 11.3 Å². The predicted octanol–water partition coefficient (Wildman–Crippen LogP) is 5.67. The van der Waals surface area contributed by atoms with Crippen molar-refractivity contribution >= 4 is 22.9 Å². The number of carbonyl (C=O) groups is 1. The van der Waals surface area contributed by atoms with Gasteiger partial charge in [0.2, 0.25) is 0 Å². The molecule has 0 atom stereocenters. The van der Waals surface area contributed by atoms with Gasteiger partial charge >= 0.3 is 0 Å². The highest BCUT2D eigenvalue weighted by Gasteiger charge is 2.14. The Bertz CT molecular complexity index is 889. The van der Waals surface area contributed by atoms with Crippen molar-refractivity contribution in [3.05, 3.63) is 70.0 Å². The number of aromatic nitrogens is 1. The number of anilines is 1. The van der Waals surface area contributed by atoms with E-state index in [1.54, 1.807) is 11.3 Å². The lowest BCUT2D eigenvalue weighted by molar-refractivity contribution is 0.102. The molecule has 0 spiro atoms. The van der Waals surface area contributed by atoms with Gasteiger partial charge in [0.25, 0.3) is 5.91 Å². The summed E-state index contributed by atoms with van der Waals surface area (Å²) in [6.07, 6.45) is 0. The van der Waals surface area contributed by atoms with Crippen LogP contribution in [0, 0.1) is 6.92 Å². The summed E-state index contributed by atoms with van der Waals surface area (Å²) < 4.78 is 0. The second kappa shape index (κ2) is 6.81. The fourth-order valence-corrected chi connectivity index (χ4v) is 3.20. The van der Waals surface area contributed by atoms with Crippen LogP contribution in [-0.2, 0) is 5.41 Å². The Labute approximate surface area is 152 Å². The Morgan fingerprint density at radius 3 is 2.40 bits per heavy atom. The summed E-state index contributed by atoms with van der Waals surface area (Å²) >= 11 is 1.62. The van der Waals surface area contributed by atoms with E-state index in [-0.39, 0.29) is 11.3 Å². The molecule has 0 saturated heterocycles. The summed E-state index contributed by atoms with van der Waals surface area (Å²) in [4.78, 5) is 17.0. The van der Waals surface area contributed by atoms with Crippen molar-refractivity contribution < 1.29 is 4.79 Å². The lowest BCUT2D eigenvalue weighted by atomic mass is 9.87. The van der Waals surface area contributed by atoms with Crippen LogP contribution < -0.4 is 5.32 Å². The molecule has 2 aromatic carbocycles. The molecule has 4 heteroatoms. The van der Waals surface area contributed by atoms with Gasteiger partial charge in [-0.05, 0) is 42.2 Å². The van der Waals surface area contributed by atoms with Crippen LogP contribution in [-0.4, -0.2) is 10.9 Å². The van der Waals surface area contributed by atoms with E-state index in [2.05, 4.69) is 31.1 Å². The minimum atomic E-state index is -0.105. The number of rotatable bonds is 3. The molecular formula is C21H22N2OS. The summed E-state index contributed by atoms with van der Waals surface area (Å²) in [6, 6.07) is 15.6. The summed E-state index contributed by atoms with van der Waals surface area (Å²) in [5.74, 6) is -0.105. The highest BCUT2D eigenvalue weighted by Crippen LogP contribution is 2.25. The Kier molecular flexibility index (Phi) is 4.73. The smallest absolute Gasteiger partial charge is 0.255 e. The van der Waals surface area contributed by atoms with Crippen molar-refractivity contribution in [1.29, 1.82) is 0 Å². The van der Waals surface area contributed by atoms with Crippen molar-refractivity contribution in [1.82, 2.24) is 4.98 Å². The molecule has 0 saturated carbocycles. The van der Waals surface area contributed by atoms with Gasteiger partial charge in [-0.1, -0.05) is 45.0 Å². The normalized spacial score (nSPS) is 11.4. The highest BCUT2D eigenvalue weighted by molar-refractivity contribution is 7.09. The average molecular weight is 350 g/mol. The van der Waals surface area contributed by atoms with E-state index in [4.69, 9.17) is 0 Å². The van der Waals surface area contributed by atoms with E-state index in [1.165, 1.54) is 5.56 Å². The zero-order chi connectivity index (χ0) is 18.0. The maximum atomic E-state index is 12.5. The summed E-state index contributed by atoms with van der Waals surface area (Å²) in [5, 5.41) is 6.03. The first-order valence-corrected chi connectivity index (χ1v) is 9.15. The first kappa shape index (κ1) is 17.4. The van der Waals surface area contributed by atoms with Crippen LogP contribution in [0.5, 0.6) is 0 Å².